The van der Waals surface area contributed by atoms with Gasteiger partial charge in [-0.25, -0.2) is 0 Å². The highest BCUT2D eigenvalue weighted by Crippen LogP contribution is 2.29. The number of para-hydroxylation sites is 1. The van der Waals surface area contributed by atoms with Crippen molar-refractivity contribution in [3.63, 3.8) is 0 Å². The second-order valence-electron chi connectivity index (χ2n) is 8.55. The molecule has 1 aliphatic heterocycles. The van der Waals surface area contributed by atoms with Crippen molar-refractivity contribution in [3.8, 4) is 22.8 Å². The van der Waals surface area contributed by atoms with Crippen molar-refractivity contribution >= 4 is 23.2 Å². The van der Waals surface area contributed by atoms with Crippen LogP contribution in [0.15, 0.2) is 77.3 Å². The Balaban J connectivity index is 1.30. The fraction of sp³-hybridized carbons (Fsp3) is 0.185. The molecule has 1 aromatic heterocycles. The topological polar surface area (TPSA) is 88.3 Å². The standard InChI is InChI=1S/C27H24N4O3/c1-17-7-5-9-19(13-17)25-29-27(34-30-25)20-10-6-11-22(14-20)28-26(33)21-15-24(32)31(16-21)23-12-4-3-8-18(23)2/h3-14,21H,15-16H2,1-2H3,(H,28,33). The predicted octanol–water partition coefficient (Wildman–Crippen LogP) is 5.01. The quantitative estimate of drug-likeness (QED) is 0.460. The number of nitrogens with zero attached hydrogens (tertiary/aromatic N) is 3. The predicted molar refractivity (Wildman–Crippen MR) is 130 cm³/mol. The number of aromatic nitrogens is 2. The third-order valence-corrected chi connectivity index (χ3v) is 5.98. The average molecular weight is 453 g/mol. The van der Waals surface area contributed by atoms with Crippen molar-refractivity contribution in [2.24, 2.45) is 5.92 Å². The lowest BCUT2D eigenvalue weighted by molar-refractivity contribution is -0.122. The minimum Gasteiger partial charge on any atom is -0.334 e. The van der Waals surface area contributed by atoms with Crippen molar-refractivity contribution in [3.05, 3.63) is 83.9 Å². The van der Waals surface area contributed by atoms with Crippen molar-refractivity contribution in [2.75, 3.05) is 16.8 Å². The van der Waals surface area contributed by atoms with Gasteiger partial charge in [0, 0.05) is 35.5 Å². The summed E-state index contributed by atoms with van der Waals surface area (Å²) in [6, 6.07) is 22.9. The summed E-state index contributed by atoms with van der Waals surface area (Å²) in [6.07, 6.45) is 0.184. The maximum absolute atomic E-state index is 12.9. The molecular weight excluding hydrogens is 428 g/mol. The Morgan fingerprint density at radius 2 is 1.79 bits per heavy atom. The number of rotatable bonds is 5. The molecule has 0 bridgehead atoms. The highest BCUT2D eigenvalue weighted by atomic mass is 16.5. The Labute approximate surface area is 197 Å². The van der Waals surface area contributed by atoms with Gasteiger partial charge < -0.3 is 14.7 Å². The summed E-state index contributed by atoms with van der Waals surface area (Å²) in [5.74, 6) is 0.223. The van der Waals surface area contributed by atoms with Crippen LogP contribution in [0.3, 0.4) is 0 Å². The van der Waals surface area contributed by atoms with Crippen molar-refractivity contribution in [1.82, 2.24) is 10.1 Å². The molecule has 7 nitrogen and oxygen atoms in total. The molecule has 170 valence electrons. The SMILES string of the molecule is Cc1cccc(-c2noc(-c3cccc(NC(=O)C4CC(=O)N(c5ccccc5C)C4)c3)n2)c1. The molecule has 2 heterocycles. The maximum atomic E-state index is 12.9. The Kier molecular flexibility index (Phi) is 5.67. The average Bonchev–Trinajstić information content (AvgIpc) is 3.47. The summed E-state index contributed by atoms with van der Waals surface area (Å²) in [5.41, 5.74) is 5.16. The van der Waals surface area contributed by atoms with Crippen molar-refractivity contribution < 1.29 is 14.1 Å². The third kappa shape index (κ3) is 4.32. The number of carbonyl (C=O) groups excluding carboxylic acids is 2. The molecular formula is C27H24N4O3. The van der Waals surface area contributed by atoms with E-state index in [1.807, 2.05) is 74.5 Å². The molecule has 1 saturated heterocycles. The summed E-state index contributed by atoms with van der Waals surface area (Å²) in [7, 11) is 0. The van der Waals surface area contributed by atoms with Crippen LogP contribution in [-0.4, -0.2) is 28.5 Å². The Bertz CT molecular complexity index is 1380. The lowest BCUT2D eigenvalue weighted by Gasteiger charge is -2.19. The van der Waals surface area contributed by atoms with E-state index in [0.717, 1.165) is 22.4 Å². The zero-order chi connectivity index (χ0) is 23.7. The van der Waals surface area contributed by atoms with Crippen LogP contribution in [0.2, 0.25) is 0 Å². The van der Waals surface area contributed by atoms with Gasteiger partial charge in [-0.3, -0.25) is 9.59 Å². The van der Waals surface area contributed by atoms with E-state index in [0.29, 0.717) is 29.5 Å². The van der Waals surface area contributed by atoms with Crippen LogP contribution >= 0.6 is 0 Å². The van der Waals surface area contributed by atoms with Crippen LogP contribution in [-0.2, 0) is 9.59 Å². The highest BCUT2D eigenvalue weighted by Gasteiger charge is 2.35. The zero-order valence-electron chi connectivity index (χ0n) is 19.0. The van der Waals surface area contributed by atoms with Crippen molar-refractivity contribution in [2.45, 2.75) is 20.3 Å². The van der Waals surface area contributed by atoms with Crippen LogP contribution in [0.4, 0.5) is 11.4 Å². The zero-order valence-corrected chi connectivity index (χ0v) is 19.0. The molecule has 1 fully saturated rings. The van der Waals surface area contributed by atoms with Crippen LogP contribution in [0.25, 0.3) is 22.8 Å². The normalized spacial score (nSPS) is 15.5. The molecule has 0 radical (unpaired) electrons. The van der Waals surface area contributed by atoms with Crippen LogP contribution in [0.5, 0.6) is 0 Å². The van der Waals surface area contributed by atoms with Gasteiger partial charge in [-0.05, 0) is 49.7 Å². The first-order chi connectivity index (χ1) is 16.5. The summed E-state index contributed by atoms with van der Waals surface area (Å²) in [4.78, 5) is 31.7. The van der Waals surface area contributed by atoms with E-state index in [1.54, 1.807) is 17.0 Å². The van der Waals surface area contributed by atoms with Crippen LogP contribution < -0.4 is 10.2 Å². The van der Waals surface area contributed by atoms with E-state index in [9.17, 15) is 9.59 Å². The smallest absolute Gasteiger partial charge is 0.258 e. The summed E-state index contributed by atoms with van der Waals surface area (Å²) in [6.45, 7) is 4.33. The van der Waals surface area contributed by atoms with Crippen LogP contribution in [0.1, 0.15) is 17.5 Å². The lowest BCUT2D eigenvalue weighted by Crippen LogP contribution is -2.28. The number of nitrogens with one attached hydrogen (secondary N) is 1. The van der Waals surface area contributed by atoms with Gasteiger partial charge in [-0.15, -0.1) is 0 Å². The Morgan fingerprint density at radius 3 is 2.62 bits per heavy atom. The van der Waals surface area contributed by atoms with Crippen LogP contribution in [0, 0.1) is 19.8 Å². The number of hydrogen-bond acceptors (Lipinski definition) is 5. The first kappa shape index (κ1) is 21.6. The minimum atomic E-state index is -0.424. The number of carbonyl (C=O) groups is 2. The van der Waals surface area contributed by atoms with E-state index < -0.39 is 5.92 Å². The number of hydrogen-bond donors (Lipinski definition) is 1. The van der Waals surface area contributed by atoms with Gasteiger partial charge in [-0.2, -0.15) is 4.98 Å². The molecule has 1 unspecified atom stereocenters. The molecule has 7 heteroatoms. The summed E-state index contributed by atoms with van der Waals surface area (Å²) in [5, 5.41) is 7.03. The molecule has 2 amide bonds. The van der Waals surface area contributed by atoms with Gasteiger partial charge in [0.05, 0.1) is 5.92 Å². The van der Waals surface area contributed by atoms with Gasteiger partial charge in [0.2, 0.25) is 17.6 Å². The number of anilines is 2. The number of aryl methyl sites for hydroxylation is 2. The second-order valence-corrected chi connectivity index (χ2v) is 8.55. The second kappa shape index (κ2) is 8.94. The molecule has 1 N–H and O–H groups in total. The fourth-order valence-corrected chi connectivity index (χ4v) is 4.20. The fourth-order valence-electron chi connectivity index (χ4n) is 4.20. The van der Waals surface area contributed by atoms with Gasteiger partial charge in [0.25, 0.3) is 5.89 Å². The summed E-state index contributed by atoms with van der Waals surface area (Å²) < 4.78 is 5.47. The van der Waals surface area contributed by atoms with E-state index >= 15 is 0 Å². The first-order valence-corrected chi connectivity index (χ1v) is 11.2. The lowest BCUT2D eigenvalue weighted by atomic mass is 10.1. The van der Waals surface area contributed by atoms with Gasteiger partial charge >= 0.3 is 0 Å². The highest BCUT2D eigenvalue weighted by molar-refractivity contribution is 6.04. The van der Waals surface area contributed by atoms with E-state index in [-0.39, 0.29) is 18.2 Å². The molecule has 1 atom stereocenters. The molecule has 4 aromatic rings. The maximum Gasteiger partial charge on any atom is 0.258 e. The van der Waals surface area contributed by atoms with Crippen molar-refractivity contribution in [1.29, 1.82) is 0 Å². The number of benzene rings is 3. The molecule has 0 spiro atoms. The van der Waals surface area contributed by atoms with E-state index in [4.69, 9.17) is 4.52 Å². The van der Waals surface area contributed by atoms with Gasteiger partial charge in [0.1, 0.15) is 0 Å². The monoisotopic (exact) mass is 452 g/mol. The Hall–Kier alpha value is -4.26. The molecule has 0 saturated carbocycles. The molecule has 3 aromatic carbocycles. The van der Waals surface area contributed by atoms with Gasteiger partial charge in [0.15, 0.2) is 0 Å². The van der Waals surface area contributed by atoms with E-state index in [2.05, 4.69) is 15.5 Å². The molecule has 1 aliphatic rings. The minimum absolute atomic E-state index is 0.0438. The number of amides is 2. The summed E-state index contributed by atoms with van der Waals surface area (Å²) >= 11 is 0. The molecule has 34 heavy (non-hydrogen) atoms. The third-order valence-electron chi connectivity index (χ3n) is 5.98. The van der Waals surface area contributed by atoms with E-state index in [1.165, 1.54) is 0 Å². The molecule has 0 aliphatic carbocycles. The molecule has 5 rings (SSSR count). The van der Waals surface area contributed by atoms with Gasteiger partial charge in [-0.1, -0.05) is 53.2 Å². The first-order valence-electron chi connectivity index (χ1n) is 11.2. The Morgan fingerprint density at radius 1 is 1.00 bits per heavy atom. The largest absolute Gasteiger partial charge is 0.334 e.